The van der Waals surface area contributed by atoms with Crippen molar-refractivity contribution in [3.63, 3.8) is 0 Å². The van der Waals surface area contributed by atoms with E-state index in [-0.39, 0.29) is 18.1 Å². The molecule has 1 atom stereocenters. The van der Waals surface area contributed by atoms with Crippen LogP contribution in [0.4, 0.5) is 10.5 Å². The molecule has 1 N–H and O–H groups in total. The van der Waals surface area contributed by atoms with Crippen LogP contribution in [0.15, 0.2) is 41.4 Å². The molecule has 6 nitrogen and oxygen atoms in total. The number of urea groups is 1. The van der Waals surface area contributed by atoms with Gasteiger partial charge in [0.25, 0.3) is 0 Å². The standard InChI is InChI=1S/C24H30N4O2/c1-15(2)25-24(29)28-11-10-27(14-18(28)5)23-19-12-16(3)7-9-21(19)30-22-13-17(4)6-8-20(22)26-23/h6-9,12-13,15,18H,10-11,14H2,1-5H3,(H,25,29). The number of carbonyl (C=O) groups is 1. The maximum atomic E-state index is 12.5. The molecule has 4 rings (SSSR count). The summed E-state index contributed by atoms with van der Waals surface area (Å²) in [5, 5.41) is 3.01. The van der Waals surface area contributed by atoms with E-state index in [9.17, 15) is 4.79 Å². The van der Waals surface area contributed by atoms with Crippen molar-refractivity contribution in [2.75, 3.05) is 19.6 Å². The third-order valence-corrected chi connectivity index (χ3v) is 5.54. The number of aliphatic imine (C=N–C) groups is 1. The number of piperazine rings is 1. The van der Waals surface area contributed by atoms with Crippen molar-refractivity contribution in [3.8, 4) is 11.5 Å². The second kappa shape index (κ2) is 8.01. The van der Waals surface area contributed by atoms with Crippen molar-refractivity contribution < 1.29 is 9.53 Å². The van der Waals surface area contributed by atoms with Gasteiger partial charge in [-0.3, -0.25) is 0 Å². The minimum Gasteiger partial charge on any atom is -0.454 e. The van der Waals surface area contributed by atoms with Crippen molar-refractivity contribution in [1.29, 1.82) is 0 Å². The van der Waals surface area contributed by atoms with Gasteiger partial charge in [-0.05, 0) is 64.4 Å². The fourth-order valence-corrected chi connectivity index (χ4v) is 4.02. The molecule has 1 fully saturated rings. The van der Waals surface area contributed by atoms with E-state index in [1.165, 1.54) is 0 Å². The molecule has 0 saturated carbocycles. The Morgan fingerprint density at radius 1 is 1.10 bits per heavy atom. The number of hydrogen-bond acceptors (Lipinski definition) is 4. The zero-order valence-electron chi connectivity index (χ0n) is 18.4. The Bertz CT molecular complexity index is 999. The van der Waals surface area contributed by atoms with Gasteiger partial charge in [0.05, 0.1) is 5.56 Å². The van der Waals surface area contributed by atoms with Crippen LogP contribution in [-0.4, -0.2) is 53.4 Å². The molecule has 1 unspecified atom stereocenters. The molecule has 6 heteroatoms. The first-order chi connectivity index (χ1) is 14.3. The number of hydrogen-bond donors (Lipinski definition) is 1. The number of ether oxygens (including phenoxy) is 1. The maximum Gasteiger partial charge on any atom is 0.317 e. The molecule has 30 heavy (non-hydrogen) atoms. The lowest BCUT2D eigenvalue weighted by Crippen LogP contribution is -2.58. The van der Waals surface area contributed by atoms with Crippen molar-refractivity contribution in [1.82, 2.24) is 15.1 Å². The number of benzene rings is 2. The lowest BCUT2D eigenvalue weighted by molar-refractivity contribution is 0.133. The molecular formula is C24H30N4O2. The van der Waals surface area contributed by atoms with Gasteiger partial charge in [0.1, 0.15) is 17.3 Å². The number of nitrogens with zero attached hydrogens (tertiary/aromatic N) is 3. The number of aryl methyl sites for hydroxylation is 2. The number of amidine groups is 1. The van der Waals surface area contributed by atoms with Crippen LogP contribution >= 0.6 is 0 Å². The zero-order valence-corrected chi connectivity index (χ0v) is 18.4. The molecule has 2 aromatic rings. The number of rotatable bonds is 1. The van der Waals surface area contributed by atoms with Crippen LogP contribution in [0.1, 0.15) is 37.5 Å². The maximum absolute atomic E-state index is 12.5. The summed E-state index contributed by atoms with van der Waals surface area (Å²) in [5.74, 6) is 2.50. The third-order valence-electron chi connectivity index (χ3n) is 5.54. The summed E-state index contributed by atoms with van der Waals surface area (Å²) >= 11 is 0. The lowest BCUT2D eigenvalue weighted by Gasteiger charge is -2.41. The van der Waals surface area contributed by atoms with Crippen LogP contribution in [0.25, 0.3) is 0 Å². The van der Waals surface area contributed by atoms with E-state index < -0.39 is 0 Å². The Balaban J connectivity index is 1.68. The highest BCUT2D eigenvalue weighted by Crippen LogP contribution is 2.39. The summed E-state index contributed by atoms with van der Waals surface area (Å²) in [6.07, 6.45) is 0. The van der Waals surface area contributed by atoms with E-state index in [4.69, 9.17) is 9.73 Å². The van der Waals surface area contributed by atoms with Gasteiger partial charge in [-0.1, -0.05) is 17.7 Å². The molecule has 158 valence electrons. The summed E-state index contributed by atoms with van der Waals surface area (Å²) in [6, 6.07) is 12.5. The van der Waals surface area contributed by atoms with E-state index >= 15 is 0 Å². The predicted octanol–water partition coefficient (Wildman–Crippen LogP) is 4.61. The van der Waals surface area contributed by atoms with Crippen LogP contribution in [-0.2, 0) is 0 Å². The molecule has 0 spiro atoms. The highest BCUT2D eigenvalue weighted by Gasteiger charge is 2.31. The Morgan fingerprint density at radius 3 is 2.57 bits per heavy atom. The fourth-order valence-electron chi connectivity index (χ4n) is 4.02. The van der Waals surface area contributed by atoms with Crippen LogP contribution in [0.3, 0.4) is 0 Å². The molecule has 0 radical (unpaired) electrons. The third kappa shape index (κ3) is 3.99. The second-order valence-electron chi connectivity index (χ2n) is 8.60. The topological polar surface area (TPSA) is 57.2 Å². The van der Waals surface area contributed by atoms with E-state index in [2.05, 4.69) is 49.2 Å². The fraction of sp³-hybridized carbons (Fsp3) is 0.417. The van der Waals surface area contributed by atoms with Gasteiger partial charge < -0.3 is 19.9 Å². The van der Waals surface area contributed by atoms with Gasteiger partial charge in [0.15, 0.2) is 5.75 Å². The molecule has 2 amide bonds. The number of amides is 2. The predicted molar refractivity (Wildman–Crippen MR) is 120 cm³/mol. The lowest BCUT2D eigenvalue weighted by atomic mass is 10.1. The van der Waals surface area contributed by atoms with E-state index in [1.54, 1.807) is 0 Å². The summed E-state index contributed by atoms with van der Waals surface area (Å²) in [7, 11) is 0. The smallest absolute Gasteiger partial charge is 0.317 e. The number of fused-ring (bicyclic) bond motifs is 2. The Kier molecular flexibility index (Phi) is 5.41. The minimum absolute atomic E-state index is 0.000328. The van der Waals surface area contributed by atoms with Gasteiger partial charge in [0.2, 0.25) is 0 Å². The summed E-state index contributed by atoms with van der Waals surface area (Å²) in [4.78, 5) is 21.8. The molecule has 0 aliphatic carbocycles. The Hall–Kier alpha value is -3.02. The van der Waals surface area contributed by atoms with E-state index in [1.807, 2.05) is 36.9 Å². The van der Waals surface area contributed by atoms with Gasteiger partial charge in [-0.2, -0.15) is 0 Å². The SMILES string of the molecule is Cc1ccc2c(c1)Oc1ccc(C)cc1C(N1CCN(C(=O)NC(C)C)C(C)C1)=N2. The molecule has 2 heterocycles. The Labute approximate surface area is 178 Å². The second-order valence-corrected chi connectivity index (χ2v) is 8.60. The monoisotopic (exact) mass is 406 g/mol. The number of nitrogens with one attached hydrogen (secondary N) is 1. The van der Waals surface area contributed by atoms with Gasteiger partial charge in [-0.25, -0.2) is 9.79 Å². The molecule has 2 aliphatic rings. The van der Waals surface area contributed by atoms with Crippen LogP contribution in [0.5, 0.6) is 11.5 Å². The average molecular weight is 407 g/mol. The minimum atomic E-state index is 0.000328. The quantitative estimate of drug-likeness (QED) is 0.752. The van der Waals surface area contributed by atoms with Gasteiger partial charge >= 0.3 is 6.03 Å². The molecular weight excluding hydrogens is 376 g/mol. The molecule has 1 saturated heterocycles. The highest BCUT2D eigenvalue weighted by molar-refractivity contribution is 6.04. The van der Waals surface area contributed by atoms with Crippen molar-refractivity contribution >= 4 is 17.6 Å². The summed E-state index contributed by atoms with van der Waals surface area (Å²) in [6.45, 7) is 12.3. The Morgan fingerprint density at radius 2 is 1.83 bits per heavy atom. The van der Waals surface area contributed by atoms with Crippen molar-refractivity contribution in [3.05, 3.63) is 53.1 Å². The van der Waals surface area contributed by atoms with E-state index in [0.29, 0.717) is 6.54 Å². The van der Waals surface area contributed by atoms with Gasteiger partial charge in [-0.15, -0.1) is 0 Å². The van der Waals surface area contributed by atoms with E-state index in [0.717, 1.165) is 52.8 Å². The largest absolute Gasteiger partial charge is 0.454 e. The van der Waals surface area contributed by atoms with Crippen molar-refractivity contribution in [2.45, 2.75) is 46.7 Å². The molecule has 0 bridgehead atoms. The van der Waals surface area contributed by atoms with Gasteiger partial charge in [0, 0.05) is 31.7 Å². The average Bonchev–Trinajstić information content (AvgIpc) is 2.83. The molecule has 2 aliphatic heterocycles. The first-order valence-corrected chi connectivity index (χ1v) is 10.6. The first kappa shape index (κ1) is 20.3. The molecule has 0 aromatic heterocycles. The normalized spacial score (nSPS) is 18.2. The first-order valence-electron chi connectivity index (χ1n) is 10.6. The summed E-state index contributed by atoms with van der Waals surface area (Å²) < 4.78 is 6.27. The van der Waals surface area contributed by atoms with Crippen LogP contribution in [0, 0.1) is 13.8 Å². The summed E-state index contributed by atoms with van der Waals surface area (Å²) in [5.41, 5.74) is 4.13. The van der Waals surface area contributed by atoms with Crippen molar-refractivity contribution in [2.24, 2.45) is 4.99 Å². The zero-order chi connectivity index (χ0) is 21.4. The molecule has 2 aromatic carbocycles. The number of carbonyl (C=O) groups excluding carboxylic acids is 1. The van der Waals surface area contributed by atoms with Crippen LogP contribution < -0.4 is 10.1 Å². The van der Waals surface area contributed by atoms with Crippen LogP contribution in [0.2, 0.25) is 0 Å². The highest BCUT2D eigenvalue weighted by atomic mass is 16.5.